The molecule has 0 spiro atoms. The topological polar surface area (TPSA) is 46.6 Å². The molecule has 4 nitrogen and oxygen atoms in total. The molecule has 0 amide bonds. The van der Waals surface area contributed by atoms with Crippen LogP contribution < -0.4 is 0 Å². The summed E-state index contributed by atoms with van der Waals surface area (Å²) in [6, 6.07) is 0. The van der Waals surface area contributed by atoms with Gasteiger partial charge in [-0.25, -0.2) is 0 Å². The minimum Gasteiger partial charge on any atom is -0.469 e. The van der Waals surface area contributed by atoms with Gasteiger partial charge in [-0.3, -0.25) is 9.59 Å². The van der Waals surface area contributed by atoms with Gasteiger partial charge in [-0.2, -0.15) is 0 Å². The standard InChI is InChI=1S/C13H21NO3/c1-12(2)6-5-10(15)9-7-14(3)8-13(9,12)11(16)17-4/h9H,5-8H2,1-4H3. The Morgan fingerprint density at radius 1 is 1.47 bits per heavy atom. The Morgan fingerprint density at radius 2 is 2.12 bits per heavy atom. The normalized spacial score (nSPS) is 36.7. The molecule has 2 rings (SSSR count). The molecule has 0 aromatic rings. The van der Waals surface area contributed by atoms with Gasteiger partial charge in [0.15, 0.2) is 0 Å². The summed E-state index contributed by atoms with van der Waals surface area (Å²) < 4.78 is 5.01. The van der Waals surface area contributed by atoms with Crippen LogP contribution in [0.25, 0.3) is 0 Å². The van der Waals surface area contributed by atoms with Crippen LogP contribution in [0.3, 0.4) is 0 Å². The highest BCUT2D eigenvalue weighted by atomic mass is 16.5. The summed E-state index contributed by atoms with van der Waals surface area (Å²) in [5.41, 5.74) is -0.824. The Balaban J connectivity index is 2.51. The van der Waals surface area contributed by atoms with Crippen LogP contribution in [0.2, 0.25) is 0 Å². The first-order chi connectivity index (χ1) is 7.85. The van der Waals surface area contributed by atoms with E-state index >= 15 is 0 Å². The van der Waals surface area contributed by atoms with Crippen LogP contribution in [-0.4, -0.2) is 43.9 Å². The predicted octanol–water partition coefficient (Wildman–Crippen LogP) is 1.10. The highest BCUT2D eigenvalue weighted by molar-refractivity contribution is 5.92. The number of ketones is 1. The average Bonchev–Trinajstić information content (AvgIpc) is 2.63. The lowest BCUT2D eigenvalue weighted by atomic mass is 9.54. The van der Waals surface area contributed by atoms with Crippen LogP contribution in [0.5, 0.6) is 0 Å². The molecular weight excluding hydrogens is 218 g/mol. The van der Waals surface area contributed by atoms with Crippen molar-refractivity contribution in [1.29, 1.82) is 0 Å². The molecule has 17 heavy (non-hydrogen) atoms. The number of hydrogen-bond acceptors (Lipinski definition) is 4. The number of esters is 1. The van der Waals surface area contributed by atoms with E-state index in [9.17, 15) is 9.59 Å². The van der Waals surface area contributed by atoms with E-state index in [1.165, 1.54) is 7.11 Å². The lowest BCUT2D eigenvalue weighted by molar-refractivity contribution is -0.170. The van der Waals surface area contributed by atoms with Crippen molar-refractivity contribution in [3.63, 3.8) is 0 Å². The fraction of sp³-hybridized carbons (Fsp3) is 0.846. The van der Waals surface area contributed by atoms with E-state index in [4.69, 9.17) is 4.74 Å². The number of Topliss-reactive ketones (excluding diaryl/α,β-unsaturated/α-hetero) is 1. The van der Waals surface area contributed by atoms with Crippen LogP contribution in [0.4, 0.5) is 0 Å². The Morgan fingerprint density at radius 3 is 2.71 bits per heavy atom. The van der Waals surface area contributed by atoms with Crippen molar-refractivity contribution >= 4 is 11.8 Å². The number of fused-ring (bicyclic) bond motifs is 1. The van der Waals surface area contributed by atoms with E-state index < -0.39 is 5.41 Å². The van der Waals surface area contributed by atoms with E-state index in [0.29, 0.717) is 19.5 Å². The van der Waals surface area contributed by atoms with E-state index in [1.807, 2.05) is 7.05 Å². The van der Waals surface area contributed by atoms with E-state index in [0.717, 1.165) is 6.42 Å². The maximum absolute atomic E-state index is 12.3. The third kappa shape index (κ3) is 1.53. The van der Waals surface area contributed by atoms with Gasteiger partial charge >= 0.3 is 5.97 Å². The molecule has 1 heterocycles. The molecule has 96 valence electrons. The molecule has 1 aliphatic heterocycles. The van der Waals surface area contributed by atoms with Crippen molar-refractivity contribution in [3.8, 4) is 0 Å². The first kappa shape index (κ1) is 12.6. The summed E-state index contributed by atoms with van der Waals surface area (Å²) in [4.78, 5) is 26.5. The minimum atomic E-state index is -0.647. The average molecular weight is 239 g/mol. The number of methoxy groups -OCH3 is 1. The Hall–Kier alpha value is -0.900. The second-order valence-corrected chi connectivity index (χ2v) is 6.06. The van der Waals surface area contributed by atoms with Crippen molar-refractivity contribution in [2.75, 3.05) is 27.2 Å². The molecule has 4 heteroatoms. The molecule has 0 aromatic heterocycles. The van der Waals surface area contributed by atoms with Gasteiger partial charge in [-0.1, -0.05) is 13.8 Å². The van der Waals surface area contributed by atoms with Crippen LogP contribution in [-0.2, 0) is 14.3 Å². The number of carbonyl (C=O) groups excluding carboxylic acids is 2. The monoisotopic (exact) mass is 239 g/mol. The molecular formula is C13H21NO3. The molecule has 0 aromatic carbocycles. The lowest BCUT2D eigenvalue weighted by Gasteiger charge is -2.48. The van der Waals surface area contributed by atoms with Gasteiger partial charge in [-0.05, 0) is 18.9 Å². The molecule has 1 aliphatic carbocycles. The summed E-state index contributed by atoms with van der Waals surface area (Å²) in [6.45, 7) is 5.48. The van der Waals surface area contributed by atoms with Crippen molar-refractivity contribution in [3.05, 3.63) is 0 Å². The molecule has 0 N–H and O–H groups in total. The number of likely N-dealkylation sites (tertiary alicyclic amines) is 1. The third-order valence-electron chi connectivity index (χ3n) is 4.75. The van der Waals surface area contributed by atoms with Crippen LogP contribution >= 0.6 is 0 Å². The number of rotatable bonds is 1. The predicted molar refractivity (Wildman–Crippen MR) is 63.5 cm³/mol. The third-order valence-corrected chi connectivity index (χ3v) is 4.75. The molecule has 1 saturated heterocycles. The molecule has 0 bridgehead atoms. The Bertz CT molecular complexity index is 364. The smallest absolute Gasteiger partial charge is 0.314 e. The molecule has 2 fully saturated rings. The summed E-state index contributed by atoms with van der Waals surface area (Å²) in [7, 11) is 3.38. The van der Waals surface area contributed by atoms with Gasteiger partial charge < -0.3 is 9.64 Å². The van der Waals surface area contributed by atoms with Crippen molar-refractivity contribution in [2.24, 2.45) is 16.7 Å². The quantitative estimate of drug-likeness (QED) is 0.643. The highest BCUT2D eigenvalue weighted by Gasteiger charge is 2.64. The number of ether oxygens (including phenoxy) is 1. The molecule has 0 radical (unpaired) electrons. The zero-order valence-corrected chi connectivity index (χ0v) is 11.1. The highest BCUT2D eigenvalue weighted by Crippen LogP contribution is 2.56. The van der Waals surface area contributed by atoms with Crippen LogP contribution in [0.1, 0.15) is 26.7 Å². The first-order valence-corrected chi connectivity index (χ1v) is 6.15. The van der Waals surface area contributed by atoms with Gasteiger partial charge in [0.2, 0.25) is 0 Å². The number of carbonyl (C=O) groups is 2. The second kappa shape index (κ2) is 3.80. The zero-order valence-electron chi connectivity index (χ0n) is 11.1. The molecule has 2 atom stereocenters. The zero-order chi connectivity index (χ0) is 12.8. The summed E-state index contributed by atoms with van der Waals surface area (Å²) >= 11 is 0. The first-order valence-electron chi connectivity index (χ1n) is 6.15. The lowest BCUT2D eigenvalue weighted by Crippen LogP contribution is -2.56. The van der Waals surface area contributed by atoms with Crippen LogP contribution in [0.15, 0.2) is 0 Å². The Kier molecular flexibility index (Phi) is 2.81. The van der Waals surface area contributed by atoms with Crippen molar-refractivity contribution in [2.45, 2.75) is 26.7 Å². The fourth-order valence-corrected chi connectivity index (χ4v) is 3.63. The van der Waals surface area contributed by atoms with Gasteiger partial charge in [0.1, 0.15) is 5.78 Å². The molecule has 1 saturated carbocycles. The SMILES string of the molecule is COC(=O)C12CN(C)CC1C(=O)CCC2(C)C. The minimum absolute atomic E-state index is 0.177. The van der Waals surface area contributed by atoms with Gasteiger partial charge in [0, 0.05) is 25.4 Å². The van der Waals surface area contributed by atoms with Gasteiger partial charge in [0.25, 0.3) is 0 Å². The fourth-order valence-electron chi connectivity index (χ4n) is 3.63. The molecule has 2 aliphatic rings. The van der Waals surface area contributed by atoms with Crippen LogP contribution in [0, 0.1) is 16.7 Å². The second-order valence-electron chi connectivity index (χ2n) is 6.06. The summed E-state index contributed by atoms with van der Waals surface area (Å²) in [5.74, 6) is -0.187. The largest absolute Gasteiger partial charge is 0.469 e. The van der Waals surface area contributed by atoms with Gasteiger partial charge in [-0.15, -0.1) is 0 Å². The molecule has 2 unspecified atom stereocenters. The summed E-state index contributed by atoms with van der Waals surface area (Å²) in [5, 5.41) is 0. The maximum Gasteiger partial charge on any atom is 0.314 e. The van der Waals surface area contributed by atoms with E-state index in [1.54, 1.807) is 0 Å². The summed E-state index contributed by atoms with van der Waals surface area (Å²) in [6.07, 6.45) is 1.36. The number of nitrogens with zero attached hydrogens (tertiary/aromatic N) is 1. The van der Waals surface area contributed by atoms with E-state index in [-0.39, 0.29) is 23.1 Å². The van der Waals surface area contributed by atoms with Crippen molar-refractivity contribution in [1.82, 2.24) is 4.90 Å². The maximum atomic E-state index is 12.3. The van der Waals surface area contributed by atoms with E-state index in [2.05, 4.69) is 18.7 Å². The Labute approximate surface area is 102 Å². The van der Waals surface area contributed by atoms with Gasteiger partial charge in [0.05, 0.1) is 12.5 Å². The van der Waals surface area contributed by atoms with Crippen molar-refractivity contribution < 1.29 is 14.3 Å². The number of hydrogen-bond donors (Lipinski definition) is 0.